The van der Waals surface area contributed by atoms with E-state index in [1.807, 2.05) is 42.5 Å². The summed E-state index contributed by atoms with van der Waals surface area (Å²) in [6, 6.07) is 15.4. The Bertz CT molecular complexity index is 922. The van der Waals surface area contributed by atoms with Gasteiger partial charge in [0.1, 0.15) is 5.75 Å². The molecule has 136 valence electrons. The monoisotopic (exact) mass is 370 g/mol. The van der Waals surface area contributed by atoms with Gasteiger partial charge in [0.05, 0.1) is 18.0 Å². The summed E-state index contributed by atoms with van der Waals surface area (Å²) < 4.78 is 6.85. The van der Waals surface area contributed by atoms with Crippen LogP contribution < -0.4 is 10.3 Å². The minimum Gasteiger partial charge on any atom is -0.497 e. The largest absolute Gasteiger partial charge is 0.497 e. The van der Waals surface area contributed by atoms with Crippen molar-refractivity contribution in [1.82, 2.24) is 9.55 Å². The Kier molecular flexibility index (Phi) is 6.30. The molecule has 6 heteroatoms. The quantitative estimate of drug-likeness (QED) is 0.488. The molecule has 5 nitrogen and oxygen atoms in total. The number of benzene rings is 2. The van der Waals surface area contributed by atoms with Crippen LogP contribution in [0.2, 0.25) is 0 Å². The highest BCUT2D eigenvalue weighted by atomic mass is 32.2. The standard InChI is InChI=1S/C20H22N2O3S/c1-25-16-9-7-15(8-10-16)11-14-26-20-21-18-6-3-2-5-17(18)19(24)22(20)12-4-13-23/h2-3,5-10,23H,4,11-14H2,1H3. The average Bonchev–Trinajstić information content (AvgIpc) is 2.68. The fraction of sp³-hybridized carbons (Fsp3) is 0.300. The fourth-order valence-electron chi connectivity index (χ4n) is 2.74. The molecule has 3 aromatic rings. The molecule has 0 radical (unpaired) electrons. The lowest BCUT2D eigenvalue weighted by Gasteiger charge is -2.12. The summed E-state index contributed by atoms with van der Waals surface area (Å²) in [5.74, 6) is 1.66. The van der Waals surface area contributed by atoms with Gasteiger partial charge in [0.15, 0.2) is 5.16 Å². The lowest BCUT2D eigenvalue weighted by molar-refractivity contribution is 0.276. The molecule has 0 unspecified atom stereocenters. The molecule has 0 bridgehead atoms. The predicted molar refractivity (Wildman–Crippen MR) is 105 cm³/mol. The Morgan fingerprint density at radius 1 is 1.15 bits per heavy atom. The molecule has 2 aromatic carbocycles. The third kappa shape index (κ3) is 4.26. The summed E-state index contributed by atoms with van der Waals surface area (Å²) in [5, 5.41) is 10.5. The lowest BCUT2D eigenvalue weighted by Crippen LogP contribution is -2.24. The second-order valence-corrected chi connectivity index (χ2v) is 6.95. The van der Waals surface area contributed by atoms with Crippen LogP contribution in [0.25, 0.3) is 10.9 Å². The molecule has 0 saturated heterocycles. The molecule has 0 amide bonds. The van der Waals surface area contributed by atoms with Crippen LogP contribution in [0.15, 0.2) is 58.5 Å². The predicted octanol–water partition coefficient (Wildman–Crippen LogP) is 3.12. The van der Waals surface area contributed by atoms with Crippen LogP contribution >= 0.6 is 11.8 Å². The number of methoxy groups -OCH3 is 1. The number of fused-ring (bicyclic) bond motifs is 1. The first-order chi connectivity index (χ1) is 12.7. The van der Waals surface area contributed by atoms with E-state index in [9.17, 15) is 4.79 Å². The van der Waals surface area contributed by atoms with E-state index in [-0.39, 0.29) is 12.2 Å². The molecule has 0 fully saturated rings. The number of aliphatic hydroxyl groups excluding tert-OH is 1. The summed E-state index contributed by atoms with van der Waals surface area (Å²) in [5.41, 5.74) is 1.88. The van der Waals surface area contributed by atoms with Gasteiger partial charge in [-0.1, -0.05) is 36.0 Å². The van der Waals surface area contributed by atoms with Crippen molar-refractivity contribution in [2.45, 2.75) is 24.5 Å². The van der Waals surface area contributed by atoms with Gasteiger partial charge in [-0.3, -0.25) is 9.36 Å². The summed E-state index contributed by atoms with van der Waals surface area (Å²) >= 11 is 1.57. The summed E-state index contributed by atoms with van der Waals surface area (Å²) in [7, 11) is 1.65. The van der Waals surface area contributed by atoms with E-state index < -0.39 is 0 Å². The van der Waals surface area contributed by atoms with Crippen molar-refractivity contribution in [3.05, 3.63) is 64.4 Å². The number of nitrogens with zero attached hydrogens (tertiary/aromatic N) is 2. The van der Waals surface area contributed by atoms with E-state index in [0.717, 1.165) is 17.9 Å². The van der Waals surface area contributed by atoms with Crippen LogP contribution in [0.5, 0.6) is 5.75 Å². The Hall–Kier alpha value is -2.31. The molecule has 1 heterocycles. The van der Waals surface area contributed by atoms with E-state index in [1.54, 1.807) is 29.5 Å². The lowest BCUT2D eigenvalue weighted by atomic mass is 10.2. The van der Waals surface area contributed by atoms with E-state index >= 15 is 0 Å². The Labute approximate surface area is 156 Å². The topological polar surface area (TPSA) is 64.3 Å². The molecule has 1 aromatic heterocycles. The van der Waals surface area contributed by atoms with Gasteiger partial charge in [0.25, 0.3) is 5.56 Å². The van der Waals surface area contributed by atoms with Crippen molar-refractivity contribution in [2.24, 2.45) is 0 Å². The number of para-hydroxylation sites is 1. The van der Waals surface area contributed by atoms with Crippen LogP contribution in [-0.2, 0) is 13.0 Å². The molecule has 0 aliphatic rings. The second kappa shape index (κ2) is 8.87. The zero-order valence-electron chi connectivity index (χ0n) is 14.7. The third-order valence-electron chi connectivity index (χ3n) is 4.15. The maximum Gasteiger partial charge on any atom is 0.262 e. The van der Waals surface area contributed by atoms with Gasteiger partial charge in [-0.15, -0.1) is 0 Å². The molecular weight excluding hydrogens is 348 g/mol. The minimum atomic E-state index is -0.0454. The van der Waals surface area contributed by atoms with Crippen molar-refractivity contribution in [1.29, 1.82) is 0 Å². The molecule has 3 rings (SSSR count). The average molecular weight is 370 g/mol. The summed E-state index contributed by atoms with van der Waals surface area (Å²) in [6.45, 7) is 0.521. The summed E-state index contributed by atoms with van der Waals surface area (Å²) in [4.78, 5) is 17.4. The number of hydrogen-bond acceptors (Lipinski definition) is 5. The zero-order valence-corrected chi connectivity index (χ0v) is 15.5. The van der Waals surface area contributed by atoms with Crippen LogP contribution in [-0.4, -0.2) is 34.1 Å². The maximum atomic E-state index is 12.8. The first kappa shape index (κ1) is 18.5. The number of ether oxygens (including phenoxy) is 1. The normalized spacial score (nSPS) is 11.0. The Balaban J connectivity index is 1.79. The van der Waals surface area contributed by atoms with E-state index in [4.69, 9.17) is 9.84 Å². The van der Waals surface area contributed by atoms with E-state index in [1.165, 1.54) is 5.56 Å². The van der Waals surface area contributed by atoms with E-state index in [0.29, 0.717) is 29.0 Å². The molecule has 1 N–H and O–H groups in total. The number of aryl methyl sites for hydroxylation is 1. The van der Waals surface area contributed by atoms with Crippen LogP contribution in [0.3, 0.4) is 0 Å². The van der Waals surface area contributed by atoms with E-state index in [2.05, 4.69) is 4.98 Å². The molecular formula is C20H22N2O3S. The van der Waals surface area contributed by atoms with Gasteiger partial charge in [-0.25, -0.2) is 4.98 Å². The van der Waals surface area contributed by atoms with Gasteiger partial charge in [0, 0.05) is 18.9 Å². The third-order valence-corrected chi connectivity index (χ3v) is 5.13. The maximum absolute atomic E-state index is 12.8. The zero-order chi connectivity index (χ0) is 18.4. The van der Waals surface area contributed by atoms with Gasteiger partial charge >= 0.3 is 0 Å². The van der Waals surface area contributed by atoms with Crippen molar-refractivity contribution < 1.29 is 9.84 Å². The number of hydrogen-bond donors (Lipinski definition) is 1. The highest BCUT2D eigenvalue weighted by Gasteiger charge is 2.11. The molecule has 0 aliphatic heterocycles. The first-order valence-electron chi connectivity index (χ1n) is 8.59. The smallest absolute Gasteiger partial charge is 0.262 e. The molecule has 0 aliphatic carbocycles. The van der Waals surface area contributed by atoms with Crippen molar-refractivity contribution in [2.75, 3.05) is 19.5 Å². The first-order valence-corrected chi connectivity index (χ1v) is 9.57. The molecule has 26 heavy (non-hydrogen) atoms. The Morgan fingerprint density at radius 2 is 1.92 bits per heavy atom. The number of aromatic nitrogens is 2. The molecule has 0 atom stereocenters. The van der Waals surface area contributed by atoms with Crippen LogP contribution in [0.4, 0.5) is 0 Å². The second-order valence-electron chi connectivity index (χ2n) is 5.89. The molecule has 0 spiro atoms. The minimum absolute atomic E-state index is 0.0454. The van der Waals surface area contributed by atoms with Crippen LogP contribution in [0, 0.1) is 0 Å². The van der Waals surface area contributed by atoms with Crippen molar-refractivity contribution in [3.8, 4) is 5.75 Å². The highest BCUT2D eigenvalue weighted by molar-refractivity contribution is 7.99. The van der Waals surface area contributed by atoms with Gasteiger partial charge in [0.2, 0.25) is 0 Å². The highest BCUT2D eigenvalue weighted by Crippen LogP contribution is 2.20. The molecule has 0 saturated carbocycles. The summed E-state index contributed by atoms with van der Waals surface area (Å²) in [6.07, 6.45) is 1.41. The number of rotatable bonds is 8. The fourth-order valence-corrected chi connectivity index (χ4v) is 3.75. The SMILES string of the molecule is COc1ccc(CCSc2nc3ccccc3c(=O)n2CCCO)cc1. The van der Waals surface area contributed by atoms with Crippen molar-refractivity contribution in [3.63, 3.8) is 0 Å². The Morgan fingerprint density at radius 3 is 2.65 bits per heavy atom. The number of thioether (sulfide) groups is 1. The number of aliphatic hydroxyl groups is 1. The van der Waals surface area contributed by atoms with Crippen molar-refractivity contribution >= 4 is 22.7 Å². The van der Waals surface area contributed by atoms with Gasteiger partial charge < -0.3 is 9.84 Å². The van der Waals surface area contributed by atoms with Gasteiger partial charge in [-0.2, -0.15) is 0 Å². The van der Waals surface area contributed by atoms with Gasteiger partial charge in [-0.05, 0) is 42.7 Å². The van der Waals surface area contributed by atoms with Crippen LogP contribution in [0.1, 0.15) is 12.0 Å².